The number of ether oxygens (including phenoxy) is 2. The number of esters is 1. The maximum Gasteiger partial charge on any atom is 0.534 e. The van der Waals surface area contributed by atoms with Gasteiger partial charge in [0, 0.05) is 5.56 Å². The quantitative estimate of drug-likeness (QED) is 0.361. The molecule has 0 saturated heterocycles. The third-order valence-corrected chi connectivity index (χ3v) is 5.68. The van der Waals surface area contributed by atoms with E-state index in [1.165, 1.54) is 19.3 Å². The molecule has 0 amide bonds. The van der Waals surface area contributed by atoms with Crippen LogP contribution >= 0.6 is 0 Å². The van der Waals surface area contributed by atoms with Gasteiger partial charge in [0.05, 0.1) is 12.7 Å². The summed E-state index contributed by atoms with van der Waals surface area (Å²) < 4.78 is 75.7. The number of methoxy groups -OCH3 is 1. The van der Waals surface area contributed by atoms with Crippen LogP contribution in [0.25, 0.3) is 5.76 Å². The van der Waals surface area contributed by atoms with Crippen LogP contribution in [0.5, 0.6) is 5.75 Å². The number of hydrogen-bond acceptors (Lipinski definition) is 6. The van der Waals surface area contributed by atoms with Gasteiger partial charge in [-0.25, -0.2) is 4.79 Å². The van der Waals surface area contributed by atoms with Crippen molar-refractivity contribution in [3.63, 3.8) is 0 Å². The normalized spacial score (nSPS) is 13.9. The van der Waals surface area contributed by atoms with E-state index >= 15 is 0 Å². The van der Waals surface area contributed by atoms with Crippen LogP contribution in [0.2, 0.25) is 0 Å². The Morgan fingerprint density at radius 1 is 1.03 bits per heavy atom. The SMILES string of the molecule is COC(=O)c1ccc(C(C)(C)Oc2ccc3c(c2)C(OS(=O)(=O)C(F)(F)F)=CC3)cc1. The molecule has 3 rings (SSSR count). The van der Waals surface area contributed by atoms with Crippen molar-refractivity contribution < 1.29 is 40.0 Å². The number of halogens is 3. The summed E-state index contributed by atoms with van der Waals surface area (Å²) in [5.74, 6) is -0.559. The van der Waals surface area contributed by atoms with E-state index in [0.717, 1.165) is 5.56 Å². The lowest BCUT2D eigenvalue weighted by Crippen LogP contribution is -2.25. The molecule has 2 aromatic rings. The van der Waals surface area contributed by atoms with Crippen molar-refractivity contribution in [3.8, 4) is 5.75 Å². The Bertz CT molecular complexity index is 1130. The molecule has 166 valence electrons. The van der Waals surface area contributed by atoms with Crippen LogP contribution in [-0.2, 0) is 31.1 Å². The molecule has 0 aliphatic heterocycles. The third kappa shape index (κ3) is 4.68. The average Bonchev–Trinajstić information content (AvgIpc) is 3.08. The van der Waals surface area contributed by atoms with Crippen molar-refractivity contribution in [3.05, 3.63) is 70.8 Å². The van der Waals surface area contributed by atoms with Crippen molar-refractivity contribution in [2.75, 3.05) is 7.11 Å². The highest BCUT2D eigenvalue weighted by molar-refractivity contribution is 7.87. The number of carbonyl (C=O) groups excluding carboxylic acids is 1. The van der Waals surface area contributed by atoms with Gasteiger partial charge in [-0.1, -0.05) is 18.2 Å². The first-order valence-corrected chi connectivity index (χ1v) is 10.5. The lowest BCUT2D eigenvalue weighted by Gasteiger charge is -2.27. The summed E-state index contributed by atoms with van der Waals surface area (Å²) in [4.78, 5) is 11.6. The second kappa shape index (κ2) is 7.92. The molecular formula is C21H19F3O6S. The minimum atomic E-state index is -5.78. The molecule has 1 aliphatic rings. The molecular weight excluding hydrogens is 437 g/mol. The summed E-state index contributed by atoms with van der Waals surface area (Å²) in [6.07, 6.45) is 1.51. The lowest BCUT2D eigenvalue weighted by atomic mass is 9.96. The zero-order chi connectivity index (χ0) is 23.0. The maximum absolute atomic E-state index is 12.7. The van der Waals surface area contributed by atoms with E-state index in [9.17, 15) is 26.4 Å². The van der Waals surface area contributed by atoms with Crippen LogP contribution < -0.4 is 4.74 Å². The van der Waals surface area contributed by atoms with Crippen LogP contribution in [0.3, 0.4) is 0 Å². The van der Waals surface area contributed by atoms with E-state index in [4.69, 9.17) is 4.74 Å². The third-order valence-electron chi connectivity index (χ3n) is 4.71. The fourth-order valence-electron chi connectivity index (χ4n) is 3.06. The average molecular weight is 456 g/mol. The molecule has 6 nitrogen and oxygen atoms in total. The summed E-state index contributed by atoms with van der Waals surface area (Å²) in [6.45, 7) is 3.55. The van der Waals surface area contributed by atoms with E-state index in [1.54, 1.807) is 50.2 Å². The van der Waals surface area contributed by atoms with Gasteiger partial charge in [0.25, 0.3) is 0 Å². The number of alkyl halides is 3. The fraction of sp³-hybridized carbons (Fsp3) is 0.286. The van der Waals surface area contributed by atoms with Crippen molar-refractivity contribution in [2.45, 2.75) is 31.4 Å². The van der Waals surface area contributed by atoms with E-state index in [1.807, 2.05) is 0 Å². The van der Waals surface area contributed by atoms with Gasteiger partial charge in [-0.05, 0) is 61.7 Å². The second-order valence-corrected chi connectivity index (χ2v) is 8.79. The molecule has 1 aliphatic carbocycles. The Hall–Kier alpha value is -3.01. The van der Waals surface area contributed by atoms with E-state index in [2.05, 4.69) is 8.92 Å². The number of carbonyl (C=O) groups is 1. The Morgan fingerprint density at radius 3 is 2.26 bits per heavy atom. The van der Waals surface area contributed by atoms with Gasteiger partial charge in [-0.2, -0.15) is 21.6 Å². The van der Waals surface area contributed by atoms with E-state index < -0.39 is 33.0 Å². The molecule has 0 N–H and O–H groups in total. The molecule has 2 aromatic carbocycles. The lowest BCUT2D eigenvalue weighted by molar-refractivity contribution is -0.0509. The van der Waals surface area contributed by atoms with Gasteiger partial charge in [-0.3, -0.25) is 0 Å². The van der Waals surface area contributed by atoms with Crippen molar-refractivity contribution >= 4 is 21.8 Å². The molecule has 10 heteroatoms. The number of hydrogen-bond donors (Lipinski definition) is 0. The van der Waals surface area contributed by atoms with E-state index in [-0.39, 0.29) is 12.0 Å². The Kier molecular flexibility index (Phi) is 5.79. The fourth-order valence-corrected chi connectivity index (χ4v) is 3.55. The number of allylic oxidation sites excluding steroid dienone is 1. The molecule has 0 fully saturated rings. The summed E-state index contributed by atoms with van der Waals surface area (Å²) in [6, 6.07) is 11.3. The first-order chi connectivity index (χ1) is 14.3. The topological polar surface area (TPSA) is 78.9 Å². The summed E-state index contributed by atoms with van der Waals surface area (Å²) in [5, 5.41) is 0. The molecule has 0 bridgehead atoms. The van der Waals surface area contributed by atoms with Crippen LogP contribution in [-0.4, -0.2) is 27.0 Å². The highest BCUT2D eigenvalue weighted by Gasteiger charge is 2.49. The van der Waals surface area contributed by atoms with Crippen LogP contribution in [0.1, 0.15) is 40.9 Å². The van der Waals surface area contributed by atoms with Gasteiger partial charge >= 0.3 is 21.6 Å². The first-order valence-electron chi connectivity index (χ1n) is 9.06. The van der Waals surface area contributed by atoms with Crippen LogP contribution in [0.4, 0.5) is 13.2 Å². The minimum absolute atomic E-state index is 0.210. The van der Waals surface area contributed by atoms with Gasteiger partial charge in [0.15, 0.2) is 0 Å². The Morgan fingerprint density at radius 2 is 1.68 bits per heavy atom. The van der Waals surface area contributed by atoms with Crippen molar-refractivity contribution in [1.82, 2.24) is 0 Å². The zero-order valence-corrected chi connectivity index (χ0v) is 17.6. The highest BCUT2D eigenvalue weighted by Crippen LogP contribution is 2.37. The molecule has 31 heavy (non-hydrogen) atoms. The smallest absolute Gasteiger partial charge is 0.483 e. The standard InChI is InChI=1S/C21H19F3O6S/c1-20(2,15-8-4-14(5-9-15)19(25)28-3)29-16-10-6-13-7-11-18(17(13)12-16)30-31(26,27)21(22,23)24/h4-6,8-12H,7H2,1-3H3. The van der Waals surface area contributed by atoms with Crippen molar-refractivity contribution in [2.24, 2.45) is 0 Å². The Labute approximate surface area is 177 Å². The molecule has 0 spiro atoms. The number of fused-ring (bicyclic) bond motifs is 1. The molecule has 0 aromatic heterocycles. The number of benzene rings is 2. The highest BCUT2D eigenvalue weighted by atomic mass is 32.2. The largest absolute Gasteiger partial charge is 0.534 e. The zero-order valence-electron chi connectivity index (χ0n) is 16.8. The van der Waals surface area contributed by atoms with Crippen LogP contribution in [0.15, 0.2) is 48.5 Å². The second-order valence-electron chi connectivity index (χ2n) is 7.26. The summed E-state index contributed by atoms with van der Waals surface area (Å²) in [7, 11) is -4.49. The molecule has 0 heterocycles. The maximum atomic E-state index is 12.7. The van der Waals surface area contributed by atoms with Gasteiger partial charge in [-0.15, -0.1) is 0 Å². The van der Waals surface area contributed by atoms with Crippen LogP contribution in [0, 0.1) is 0 Å². The van der Waals surface area contributed by atoms with Crippen molar-refractivity contribution in [1.29, 1.82) is 0 Å². The minimum Gasteiger partial charge on any atom is -0.483 e. The van der Waals surface area contributed by atoms with Gasteiger partial charge < -0.3 is 13.7 Å². The summed E-state index contributed by atoms with van der Waals surface area (Å²) in [5.41, 5.74) is -4.47. The number of rotatable bonds is 6. The molecule has 0 saturated carbocycles. The first kappa shape index (κ1) is 22.7. The molecule has 0 atom stereocenters. The predicted octanol–water partition coefficient (Wildman–Crippen LogP) is 4.55. The monoisotopic (exact) mass is 456 g/mol. The van der Waals surface area contributed by atoms with Gasteiger partial charge in [0.1, 0.15) is 17.1 Å². The Balaban J connectivity index is 1.83. The van der Waals surface area contributed by atoms with E-state index in [0.29, 0.717) is 16.9 Å². The predicted molar refractivity (Wildman–Crippen MR) is 106 cm³/mol. The molecule has 0 unspecified atom stereocenters. The molecule has 0 radical (unpaired) electrons. The van der Waals surface area contributed by atoms with Gasteiger partial charge in [0.2, 0.25) is 0 Å². The summed E-state index contributed by atoms with van der Waals surface area (Å²) >= 11 is 0.